The standard InChI is InChI=1S/C14H22N2O2/c1-5-8-14(2,3)16-12-9-10(13(17)18-4)6-7-11(12)15/h6-7,9,16H,5,8,15H2,1-4H3. The third-order valence-electron chi connectivity index (χ3n) is 2.82. The number of carbonyl (C=O) groups is 1. The lowest BCUT2D eigenvalue weighted by Gasteiger charge is -2.28. The molecule has 100 valence electrons. The molecular weight excluding hydrogens is 228 g/mol. The lowest BCUT2D eigenvalue weighted by molar-refractivity contribution is 0.0601. The predicted molar refractivity (Wildman–Crippen MR) is 74.8 cm³/mol. The Labute approximate surface area is 109 Å². The molecule has 0 radical (unpaired) electrons. The topological polar surface area (TPSA) is 64.3 Å². The van der Waals surface area contributed by atoms with E-state index in [-0.39, 0.29) is 11.5 Å². The van der Waals surface area contributed by atoms with E-state index in [9.17, 15) is 4.79 Å². The third-order valence-corrected chi connectivity index (χ3v) is 2.82. The number of nitrogens with two attached hydrogens (primary N) is 1. The van der Waals surface area contributed by atoms with Crippen molar-refractivity contribution < 1.29 is 9.53 Å². The molecular formula is C14H22N2O2. The second-order valence-corrected chi connectivity index (χ2v) is 5.05. The molecule has 0 aliphatic carbocycles. The molecule has 0 saturated heterocycles. The number of benzene rings is 1. The Hall–Kier alpha value is -1.71. The molecule has 0 saturated carbocycles. The van der Waals surface area contributed by atoms with Crippen LogP contribution in [0, 0.1) is 0 Å². The zero-order valence-electron chi connectivity index (χ0n) is 11.5. The third kappa shape index (κ3) is 3.65. The molecule has 0 atom stereocenters. The molecule has 4 nitrogen and oxygen atoms in total. The lowest BCUT2D eigenvalue weighted by Crippen LogP contribution is -2.31. The number of hydrogen-bond donors (Lipinski definition) is 2. The molecule has 4 heteroatoms. The van der Waals surface area contributed by atoms with Crippen molar-refractivity contribution in [3.05, 3.63) is 23.8 Å². The Morgan fingerprint density at radius 3 is 2.67 bits per heavy atom. The minimum atomic E-state index is -0.355. The Kier molecular flexibility index (Phi) is 4.59. The number of anilines is 2. The van der Waals surface area contributed by atoms with Gasteiger partial charge in [-0.2, -0.15) is 0 Å². The normalized spacial score (nSPS) is 11.1. The first-order valence-electron chi connectivity index (χ1n) is 6.15. The molecule has 0 aliphatic heterocycles. The number of esters is 1. The van der Waals surface area contributed by atoms with Gasteiger partial charge in [-0.25, -0.2) is 4.79 Å². The summed E-state index contributed by atoms with van der Waals surface area (Å²) < 4.78 is 4.70. The highest BCUT2D eigenvalue weighted by Gasteiger charge is 2.18. The van der Waals surface area contributed by atoms with Gasteiger partial charge in [-0.1, -0.05) is 13.3 Å². The zero-order chi connectivity index (χ0) is 13.8. The highest BCUT2D eigenvalue weighted by Crippen LogP contribution is 2.26. The quantitative estimate of drug-likeness (QED) is 0.622. The monoisotopic (exact) mass is 250 g/mol. The minimum Gasteiger partial charge on any atom is -0.465 e. The lowest BCUT2D eigenvalue weighted by atomic mass is 9.98. The van der Waals surface area contributed by atoms with Crippen LogP contribution in [0.25, 0.3) is 0 Å². The Morgan fingerprint density at radius 2 is 2.11 bits per heavy atom. The van der Waals surface area contributed by atoms with Gasteiger partial charge in [0.25, 0.3) is 0 Å². The van der Waals surface area contributed by atoms with Crippen molar-refractivity contribution in [1.29, 1.82) is 0 Å². The van der Waals surface area contributed by atoms with E-state index in [1.807, 2.05) is 0 Å². The van der Waals surface area contributed by atoms with Crippen molar-refractivity contribution in [1.82, 2.24) is 0 Å². The van der Waals surface area contributed by atoms with Gasteiger partial charge in [-0.3, -0.25) is 0 Å². The maximum absolute atomic E-state index is 11.5. The van der Waals surface area contributed by atoms with Gasteiger partial charge in [0.05, 0.1) is 24.0 Å². The van der Waals surface area contributed by atoms with Gasteiger partial charge < -0.3 is 15.8 Å². The molecule has 0 amide bonds. The summed E-state index contributed by atoms with van der Waals surface area (Å²) in [5.41, 5.74) is 7.77. The van der Waals surface area contributed by atoms with Gasteiger partial charge in [0.2, 0.25) is 0 Å². The predicted octanol–water partition coefficient (Wildman–Crippen LogP) is 3.05. The largest absolute Gasteiger partial charge is 0.465 e. The van der Waals surface area contributed by atoms with Crippen LogP contribution in [0.4, 0.5) is 11.4 Å². The van der Waals surface area contributed by atoms with Crippen LogP contribution in [0.2, 0.25) is 0 Å². The molecule has 1 aromatic rings. The van der Waals surface area contributed by atoms with Crippen LogP contribution in [0.3, 0.4) is 0 Å². The number of rotatable bonds is 5. The van der Waals surface area contributed by atoms with E-state index in [0.29, 0.717) is 11.3 Å². The van der Waals surface area contributed by atoms with Crippen LogP contribution in [-0.4, -0.2) is 18.6 Å². The number of methoxy groups -OCH3 is 1. The fraction of sp³-hybridized carbons (Fsp3) is 0.500. The molecule has 3 N–H and O–H groups in total. The van der Waals surface area contributed by atoms with Gasteiger partial charge in [-0.05, 0) is 38.5 Å². The molecule has 1 aromatic carbocycles. The molecule has 0 aliphatic rings. The summed E-state index contributed by atoms with van der Waals surface area (Å²) in [4.78, 5) is 11.5. The summed E-state index contributed by atoms with van der Waals surface area (Å²) in [5, 5.41) is 3.37. The summed E-state index contributed by atoms with van der Waals surface area (Å²) in [5.74, 6) is -0.355. The van der Waals surface area contributed by atoms with Crippen molar-refractivity contribution in [2.75, 3.05) is 18.2 Å². The number of nitrogen functional groups attached to an aromatic ring is 1. The fourth-order valence-corrected chi connectivity index (χ4v) is 1.96. The van der Waals surface area contributed by atoms with Crippen LogP contribution in [0.1, 0.15) is 44.0 Å². The van der Waals surface area contributed by atoms with Gasteiger partial charge >= 0.3 is 5.97 Å². The van der Waals surface area contributed by atoms with Crippen LogP contribution in [0.5, 0.6) is 0 Å². The van der Waals surface area contributed by atoms with Crippen molar-refractivity contribution >= 4 is 17.3 Å². The molecule has 0 bridgehead atoms. The van der Waals surface area contributed by atoms with Crippen LogP contribution < -0.4 is 11.1 Å². The Balaban J connectivity index is 2.97. The van der Waals surface area contributed by atoms with E-state index in [1.165, 1.54) is 7.11 Å². The molecule has 0 spiro atoms. The summed E-state index contributed by atoms with van der Waals surface area (Å²) >= 11 is 0. The minimum absolute atomic E-state index is 0.0579. The second-order valence-electron chi connectivity index (χ2n) is 5.05. The SMILES string of the molecule is CCCC(C)(C)Nc1cc(C(=O)OC)ccc1N. The van der Waals surface area contributed by atoms with Crippen LogP contribution >= 0.6 is 0 Å². The molecule has 1 rings (SSSR count). The molecule has 0 aromatic heterocycles. The highest BCUT2D eigenvalue weighted by atomic mass is 16.5. The van der Waals surface area contributed by atoms with E-state index < -0.39 is 0 Å². The summed E-state index contributed by atoms with van der Waals surface area (Å²) in [6, 6.07) is 5.12. The Bertz CT molecular complexity index is 428. The van der Waals surface area contributed by atoms with Gasteiger partial charge in [0.1, 0.15) is 0 Å². The van der Waals surface area contributed by atoms with Crippen molar-refractivity contribution in [2.24, 2.45) is 0 Å². The molecule has 0 heterocycles. The highest BCUT2D eigenvalue weighted by molar-refractivity contribution is 5.92. The number of nitrogens with one attached hydrogen (secondary N) is 1. The van der Waals surface area contributed by atoms with Crippen molar-refractivity contribution in [3.8, 4) is 0 Å². The first-order valence-corrected chi connectivity index (χ1v) is 6.15. The van der Waals surface area contributed by atoms with E-state index in [2.05, 4.69) is 26.1 Å². The van der Waals surface area contributed by atoms with Crippen LogP contribution in [-0.2, 0) is 4.74 Å². The van der Waals surface area contributed by atoms with E-state index in [1.54, 1.807) is 18.2 Å². The molecule has 18 heavy (non-hydrogen) atoms. The van der Waals surface area contributed by atoms with Gasteiger partial charge in [0.15, 0.2) is 0 Å². The number of carbonyl (C=O) groups excluding carboxylic acids is 1. The number of ether oxygens (including phenoxy) is 1. The first kappa shape index (κ1) is 14.4. The second kappa shape index (κ2) is 5.76. The fourth-order valence-electron chi connectivity index (χ4n) is 1.96. The van der Waals surface area contributed by atoms with Crippen LogP contribution in [0.15, 0.2) is 18.2 Å². The maximum Gasteiger partial charge on any atom is 0.337 e. The summed E-state index contributed by atoms with van der Waals surface area (Å²) in [7, 11) is 1.37. The van der Waals surface area contributed by atoms with E-state index >= 15 is 0 Å². The van der Waals surface area contributed by atoms with Crippen molar-refractivity contribution in [3.63, 3.8) is 0 Å². The number of hydrogen-bond acceptors (Lipinski definition) is 4. The summed E-state index contributed by atoms with van der Waals surface area (Å²) in [6.07, 6.45) is 2.10. The molecule has 0 unspecified atom stereocenters. The first-order chi connectivity index (χ1) is 8.39. The average Bonchev–Trinajstić information content (AvgIpc) is 2.30. The average molecular weight is 250 g/mol. The van der Waals surface area contributed by atoms with E-state index in [4.69, 9.17) is 10.5 Å². The molecule has 0 fully saturated rings. The smallest absolute Gasteiger partial charge is 0.337 e. The Morgan fingerprint density at radius 1 is 1.44 bits per heavy atom. The zero-order valence-corrected chi connectivity index (χ0v) is 11.5. The van der Waals surface area contributed by atoms with Gasteiger partial charge in [-0.15, -0.1) is 0 Å². The summed E-state index contributed by atoms with van der Waals surface area (Å²) in [6.45, 7) is 6.36. The maximum atomic E-state index is 11.5. The van der Waals surface area contributed by atoms with Gasteiger partial charge in [0, 0.05) is 5.54 Å². The van der Waals surface area contributed by atoms with Crippen molar-refractivity contribution in [2.45, 2.75) is 39.2 Å². The van der Waals surface area contributed by atoms with E-state index in [0.717, 1.165) is 18.5 Å².